The summed E-state index contributed by atoms with van der Waals surface area (Å²) in [7, 11) is 0. The van der Waals surface area contributed by atoms with Gasteiger partial charge in [0, 0.05) is 10.7 Å². The van der Waals surface area contributed by atoms with Gasteiger partial charge in [-0.1, -0.05) is 12.1 Å². The number of halogens is 1. The zero-order valence-electron chi connectivity index (χ0n) is 8.72. The Labute approximate surface area is 106 Å². The number of amides is 1. The molecule has 2 N–H and O–H groups in total. The molecule has 0 atom stereocenters. The highest BCUT2D eigenvalue weighted by atomic mass is 79.9. The summed E-state index contributed by atoms with van der Waals surface area (Å²) < 4.78 is 0.793. The Kier molecular flexibility index (Phi) is 3.39. The van der Waals surface area contributed by atoms with Gasteiger partial charge in [0.25, 0.3) is 5.91 Å². The molecule has 0 bridgehead atoms. The number of pyridine rings is 1. The number of para-hydroxylation sites is 1. The number of nitrogens with zero attached hydrogens (tertiary/aromatic N) is 1. The molecule has 4 nitrogen and oxygen atoms in total. The Morgan fingerprint density at radius 2 is 2.06 bits per heavy atom. The zero-order chi connectivity index (χ0) is 12.3. The second kappa shape index (κ2) is 4.97. The first-order chi connectivity index (χ1) is 8.16. The molecule has 0 saturated carbocycles. The van der Waals surface area contributed by atoms with Crippen molar-refractivity contribution in [3.8, 4) is 5.75 Å². The van der Waals surface area contributed by atoms with Gasteiger partial charge >= 0.3 is 0 Å². The molecule has 2 aromatic rings. The van der Waals surface area contributed by atoms with Gasteiger partial charge in [-0.05, 0) is 34.1 Å². The molecule has 1 heterocycles. The molecule has 1 amide bonds. The quantitative estimate of drug-likeness (QED) is 0.895. The maximum atomic E-state index is 11.8. The lowest BCUT2D eigenvalue weighted by Gasteiger charge is -2.06. The van der Waals surface area contributed by atoms with Gasteiger partial charge in [-0.3, -0.25) is 9.78 Å². The van der Waals surface area contributed by atoms with Crippen LogP contribution in [0, 0.1) is 0 Å². The van der Waals surface area contributed by atoms with Gasteiger partial charge in [-0.25, -0.2) is 0 Å². The van der Waals surface area contributed by atoms with E-state index < -0.39 is 0 Å². The van der Waals surface area contributed by atoms with Crippen LogP contribution in [0.15, 0.2) is 47.2 Å². The predicted octanol–water partition coefficient (Wildman–Crippen LogP) is 2.80. The van der Waals surface area contributed by atoms with E-state index in [9.17, 15) is 9.90 Å². The van der Waals surface area contributed by atoms with Crippen LogP contribution in [0.2, 0.25) is 0 Å². The van der Waals surface area contributed by atoms with E-state index in [1.54, 1.807) is 6.07 Å². The van der Waals surface area contributed by atoms with Crippen LogP contribution < -0.4 is 5.32 Å². The molecule has 1 aromatic heterocycles. The molecule has 0 aliphatic rings. The summed E-state index contributed by atoms with van der Waals surface area (Å²) in [6.07, 6.45) is 2.67. The van der Waals surface area contributed by atoms with Gasteiger partial charge in [0.15, 0.2) is 0 Å². The van der Waals surface area contributed by atoms with E-state index in [0.29, 0.717) is 11.3 Å². The van der Waals surface area contributed by atoms with Gasteiger partial charge in [0.2, 0.25) is 0 Å². The number of nitrogens with one attached hydrogen (secondary N) is 1. The molecule has 17 heavy (non-hydrogen) atoms. The molecular weight excluding hydrogens is 284 g/mol. The first-order valence-electron chi connectivity index (χ1n) is 4.87. The Balaban J connectivity index is 2.20. The van der Waals surface area contributed by atoms with Crippen LogP contribution in [0.25, 0.3) is 0 Å². The summed E-state index contributed by atoms with van der Waals surface area (Å²) in [6.45, 7) is 0. The normalized spacial score (nSPS) is 9.94. The number of anilines is 1. The van der Waals surface area contributed by atoms with Crippen LogP contribution in [-0.2, 0) is 0 Å². The second-order valence-electron chi connectivity index (χ2n) is 3.37. The predicted molar refractivity (Wildman–Crippen MR) is 68.0 cm³/mol. The van der Waals surface area contributed by atoms with Crippen LogP contribution in [-0.4, -0.2) is 16.0 Å². The average molecular weight is 293 g/mol. The van der Waals surface area contributed by atoms with Crippen molar-refractivity contribution in [3.05, 3.63) is 52.8 Å². The molecule has 0 fully saturated rings. The second-order valence-corrected chi connectivity index (χ2v) is 4.22. The summed E-state index contributed by atoms with van der Waals surface area (Å²) in [4.78, 5) is 15.6. The SMILES string of the molecule is O=C(Nc1ccccc1Br)c1cncc(O)c1. The minimum Gasteiger partial charge on any atom is -0.506 e. The Bertz CT molecular complexity index is 558. The lowest BCUT2D eigenvalue weighted by Crippen LogP contribution is -2.12. The molecular formula is C12H9BrN2O2. The van der Waals surface area contributed by atoms with E-state index in [1.807, 2.05) is 18.2 Å². The third kappa shape index (κ3) is 2.82. The number of benzene rings is 1. The minimum atomic E-state index is -0.319. The lowest BCUT2D eigenvalue weighted by molar-refractivity contribution is 0.102. The van der Waals surface area contributed by atoms with E-state index >= 15 is 0 Å². The van der Waals surface area contributed by atoms with Crippen molar-refractivity contribution in [2.45, 2.75) is 0 Å². The fourth-order valence-electron chi connectivity index (χ4n) is 1.31. The summed E-state index contributed by atoms with van der Waals surface area (Å²) in [5, 5.41) is 11.9. The van der Waals surface area contributed by atoms with Crippen molar-refractivity contribution in [1.82, 2.24) is 4.98 Å². The van der Waals surface area contributed by atoms with Crippen molar-refractivity contribution in [2.75, 3.05) is 5.32 Å². The van der Waals surface area contributed by atoms with Crippen LogP contribution in [0.3, 0.4) is 0 Å². The van der Waals surface area contributed by atoms with E-state index in [2.05, 4.69) is 26.2 Å². The molecule has 5 heteroatoms. The first-order valence-corrected chi connectivity index (χ1v) is 5.66. The van der Waals surface area contributed by atoms with Crippen LogP contribution in [0.4, 0.5) is 5.69 Å². The number of rotatable bonds is 2. The lowest BCUT2D eigenvalue weighted by atomic mass is 10.2. The van der Waals surface area contributed by atoms with Crippen molar-refractivity contribution in [2.24, 2.45) is 0 Å². The molecule has 0 aliphatic heterocycles. The molecule has 0 radical (unpaired) electrons. The third-order valence-electron chi connectivity index (χ3n) is 2.11. The Morgan fingerprint density at radius 1 is 1.29 bits per heavy atom. The van der Waals surface area contributed by atoms with Crippen LogP contribution in [0.1, 0.15) is 10.4 Å². The van der Waals surface area contributed by atoms with E-state index in [0.717, 1.165) is 4.47 Å². The van der Waals surface area contributed by atoms with E-state index in [1.165, 1.54) is 18.5 Å². The topological polar surface area (TPSA) is 62.2 Å². The Morgan fingerprint density at radius 3 is 2.76 bits per heavy atom. The number of hydrogen-bond acceptors (Lipinski definition) is 3. The molecule has 1 aromatic carbocycles. The van der Waals surface area contributed by atoms with Crippen molar-refractivity contribution in [3.63, 3.8) is 0 Å². The van der Waals surface area contributed by atoms with E-state index in [-0.39, 0.29) is 11.7 Å². The van der Waals surface area contributed by atoms with Gasteiger partial charge in [-0.2, -0.15) is 0 Å². The minimum absolute atomic E-state index is 0.0372. The first kappa shape index (κ1) is 11.6. The standard InChI is InChI=1S/C12H9BrN2O2/c13-10-3-1-2-4-11(10)15-12(17)8-5-9(16)7-14-6-8/h1-7,16H,(H,15,17). The van der Waals surface area contributed by atoms with Crippen molar-refractivity contribution < 1.29 is 9.90 Å². The maximum absolute atomic E-state index is 11.8. The van der Waals surface area contributed by atoms with Gasteiger partial charge in [0.1, 0.15) is 5.75 Å². The number of hydrogen-bond donors (Lipinski definition) is 2. The van der Waals surface area contributed by atoms with Crippen LogP contribution >= 0.6 is 15.9 Å². The average Bonchev–Trinajstić information content (AvgIpc) is 2.32. The van der Waals surface area contributed by atoms with Crippen LogP contribution in [0.5, 0.6) is 5.75 Å². The maximum Gasteiger partial charge on any atom is 0.257 e. The smallest absolute Gasteiger partial charge is 0.257 e. The van der Waals surface area contributed by atoms with Gasteiger partial charge in [0.05, 0.1) is 17.4 Å². The fourth-order valence-corrected chi connectivity index (χ4v) is 1.69. The largest absolute Gasteiger partial charge is 0.506 e. The zero-order valence-corrected chi connectivity index (χ0v) is 10.3. The van der Waals surface area contributed by atoms with Gasteiger partial charge < -0.3 is 10.4 Å². The highest BCUT2D eigenvalue weighted by Crippen LogP contribution is 2.22. The number of carbonyl (C=O) groups is 1. The Hall–Kier alpha value is -1.88. The molecule has 0 saturated heterocycles. The number of aromatic hydroxyl groups is 1. The summed E-state index contributed by atoms with van der Waals surface area (Å²) >= 11 is 3.33. The molecule has 86 valence electrons. The highest BCUT2D eigenvalue weighted by Gasteiger charge is 2.08. The van der Waals surface area contributed by atoms with E-state index in [4.69, 9.17) is 0 Å². The number of carbonyl (C=O) groups excluding carboxylic acids is 1. The fraction of sp³-hybridized carbons (Fsp3) is 0. The monoisotopic (exact) mass is 292 g/mol. The highest BCUT2D eigenvalue weighted by molar-refractivity contribution is 9.10. The number of aromatic nitrogens is 1. The third-order valence-corrected chi connectivity index (χ3v) is 2.80. The molecule has 0 unspecified atom stereocenters. The molecule has 0 spiro atoms. The van der Waals surface area contributed by atoms with Gasteiger partial charge in [-0.15, -0.1) is 0 Å². The summed E-state index contributed by atoms with van der Waals surface area (Å²) in [5.74, 6) is -0.356. The molecule has 2 rings (SSSR count). The summed E-state index contributed by atoms with van der Waals surface area (Å²) in [5.41, 5.74) is 0.974. The van der Waals surface area contributed by atoms with Crippen molar-refractivity contribution >= 4 is 27.5 Å². The molecule has 0 aliphatic carbocycles. The summed E-state index contributed by atoms with van der Waals surface area (Å²) in [6, 6.07) is 8.64. The van der Waals surface area contributed by atoms with Crippen molar-refractivity contribution in [1.29, 1.82) is 0 Å².